The topological polar surface area (TPSA) is 118 Å². The number of nitro groups is 1. The van der Waals surface area contributed by atoms with Crippen molar-refractivity contribution in [2.24, 2.45) is 0 Å². The lowest BCUT2D eigenvalue weighted by molar-refractivity contribution is -0.385. The number of carbonyl (C=O) groups is 1. The van der Waals surface area contributed by atoms with Gasteiger partial charge in [0.2, 0.25) is 5.91 Å². The summed E-state index contributed by atoms with van der Waals surface area (Å²) < 4.78 is 27.3. The Hall–Kier alpha value is -2.65. The summed E-state index contributed by atoms with van der Waals surface area (Å²) in [5.41, 5.74) is 0.777. The van der Waals surface area contributed by atoms with E-state index < -0.39 is 14.9 Å². The zero-order chi connectivity index (χ0) is 19.5. The molecule has 26 heavy (non-hydrogen) atoms. The van der Waals surface area contributed by atoms with Gasteiger partial charge in [0.1, 0.15) is 0 Å². The summed E-state index contributed by atoms with van der Waals surface area (Å²) >= 11 is 5.92. The van der Waals surface area contributed by atoms with Crippen LogP contribution in [0.15, 0.2) is 41.3 Å². The van der Waals surface area contributed by atoms with Crippen LogP contribution in [0.1, 0.15) is 11.1 Å². The number of rotatable bonds is 6. The van der Waals surface area contributed by atoms with Gasteiger partial charge in [0.05, 0.1) is 21.3 Å². The molecule has 0 saturated carbocycles. The van der Waals surface area contributed by atoms with Gasteiger partial charge in [-0.15, -0.1) is 0 Å². The average molecular weight is 398 g/mol. The van der Waals surface area contributed by atoms with Gasteiger partial charge in [0.15, 0.2) is 0 Å². The lowest BCUT2D eigenvalue weighted by Gasteiger charge is -2.10. The first-order valence-corrected chi connectivity index (χ1v) is 9.27. The first kappa shape index (κ1) is 19.7. The molecule has 0 atom stereocenters. The number of anilines is 1. The molecule has 0 heterocycles. The standard InChI is InChI=1S/C16H16ClN3O5S/c1-10-14(17)8-13(9-15(10)20(22)23)26(24,25)19-12-5-3-11(4-6-12)7-16(21)18-2/h3-6,8-9,19H,7H2,1-2H3,(H,18,21). The van der Waals surface area contributed by atoms with Crippen molar-refractivity contribution in [3.63, 3.8) is 0 Å². The third-order valence-corrected chi connectivity index (χ3v) is 5.40. The van der Waals surface area contributed by atoms with Crippen molar-refractivity contribution in [1.29, 1.82) is 0 Å². The Morgan fingerprint density at radius 1 is 1.23 bits per heavy atom. The summed E-state index contributed by atoms with van der Waals surface area (Å²) in [6, 6.07) is 8.34. The monoisotopic (exact) mass is 397 g/mol. The van der Waals surface area contributed by atoms with E-state index in [2.05, 4.69) is 10.0 Å². The summed E-state index contributed by atoms with van der Waals surface area (Å²) in [5.74, 6) is -0.167. The molecule has 8 nitrogen and oxygen atoms in total. The molecule has 0 radical (unpaired) electrons. The highest BCUT2D eigenvalue weighted by Gasteiger charge is 2.22. The van der Waals surface area contributed by atoms with E-state index in [1.165, 1.54) is 26.1 Å². The van der Waals surface area contributed by atoms with Gasteiger partial charge in [-0.1, -0.05) is 23.7 Å². The van der Waals surface area contributed by atoms with E-state index >= 15 is 0 Å². The summed E-state index contributed by atoms with van der Waals surface area (Å²) in [5, 5.41) is 13.5. The van der Waals surface area contributed by atoms with Crippen LogP contribution in [0.2, 0.25) is 5.02 Å². The number of hydrogen-bond donors (Lipinski definition) is 2. The predicted octanol–water partition coefficient (Wildman–Crippen LogP) is 2.65. The van der Waals surface area contributed by atoms with Gasteiger partial charge in [-0.05, 0) is 30.7 Å². The maximum Gasteiger partial charge on any atom is 0.275 e. The van der Waals surface area contributed by atoms with Crippen LogP contribution in [0, 0.1) is 17.0 Å². The summed E-state index contributed by atoms with van der Waals surface area (Å²) in [6.07, 6.45) is 0.170. The SMILES string of the molecule is CNC(=O)Cc1ccc(NS(=O)(=O)c2cc(Cl)c(C)c([N+](=O)[O-])c2)cc1. The second kappa shape index (κ2) is 7.71. The molecule has 1 amide bonds. The molecule has 10 heteroatoms. The van der Waals surface area contributed by atoms with Crippen molar-refractivity contribution in [3.05, 3.63) is 62.7 Å². The minimum atomic E-state index is -4.07. The van der Waals surface area contributed by atoms with E-state index in [0.717, 1.165) is 12.1 Å². The van der Waals surface area contributed by atoms with Crippen LogP contribution in [0.25, 0.3) is 0 Å². The highest BCUT2D eigenvalue weighted by atomic mass is 35.5. The van der Waals surface area contributed by atoms with Crippen molar-refractivity contribution >= 4 is 38.9 Å². The molecule has 138 valence electrons. The van der Waals surface area contributed by atoms with Crippen LogP contribution >= 0.6 is 11.6 Å². The number of amides is 1. The van der Waals surface area contributed by atoms with Gasteiger partial charge < -0.3 is 5.32 Å². The Labute approximate surface area is 155 Å². The average Bonchev–Trinajstić information content (AvgIpc) is 2.58. The third-order valence-electron chi connectivity index (χ3n) is 3.65. The van der Waals surface area contributed by atoms with E-state index in [1.807, 2.05) is 0 Å². The Balaban J connectivity index is 2.29. The van der Waals surface area contributed by atoms with Crippen LogP contribution in [0.5, 0.6) is 0 Å². The minimum absolute atomic E-state index is 0.0134. The number of nitro benzene ring substituents is 1. The van der Waals surface area contributed by atoms with Crippen molar-refractivity contribution < 1.29 is 18.1 Å². The van der Waals surface area contributed by atoms with E-state index in [4.69, 9.17) is 11.6 Å². The molecule has 2 aromatic carbocycles. The summed E-state index contributed by atoms with van der Waals surface area (Å²) in [7, 11) is -2.54. The molecule has 0 aliphatic rings. The van der Waals surface area contributed by atoms with Crippen LogP contribution in [-0.2, 0) is 21.2 Å². The molecule has 2 rings (SSSR count). The lowest BCUT2D eigenvalue weighted by atomic mass is 10.1. The number of hydrogen-bond acceptors (Lipinski definition) is 5. The molecule has 0 fully saturated rings. The fourth-order valence-corrected chi connectivity index (χ4v) is 3.55. The molecular weight excluding hydrogens is 382 g/mol. The van der Waals surface area contributed by atoms with Gasteiger partial charge in [0, 0.05) is 24.4 Å². The Bertz CT molecular complexity index is 959. The fraction of sp³-hybridized carbons (Fsp3) is 0.188. The van der Waals surface area contributed by atoms with Crippen LogP contribution in [0.3, 0.4) is 0 Å². The van der Waals surface area contributed by atoms with Gasteiger partial charge in [-0.25, -0.2) is 8.42 Å². The second-order valence-electron chi connectivity index (χ2n) is 5.46. The van der Waals surface area contributed by atoms with E-state index in [0.29, 0.717) is 5.56 Å². The largest absolute Gasteiger partial charge is 0.359 e. The lowest BCUT2D eigenvalue weighted by Crippen LogP contribution is -2.19. The third kappa shape index (κ3) is 4.50. The van der Waals surface area contributed by atoms with Gasteiger partial charge in [-0.2, -0.15) is 0 Å². The molecule has 2 N–H and O–H groups in total. The molecule has 0 aliphatic heterocycles. The molecule has 0 aliphatic carbocycles. The molecule has 0 saturated heterocycles. The maximum absolute atomic E-state index is 12.5. The number of sulfonamides is 1. The first-order chi connectivity index (χ1) is 12.1. The number of benzene rings is 2. The van der Waals surface area contributed by atoms with Gasteiger partial charge >= 0.3 is 0 Å². The quantitative estimate of drug-likeness (QED) is 0.573. The Kier molecular flexibility index (Phi) is 5.83. The highest BCUT2D eigenvalue weighted by molar-refractivity contribution is 7.92. The maximum atomic E-state index is 12.5. The molecule has 0 spiro atoms. The molecule has 2 aromatic rings. The Morgan fingerprint density at radius 2 is 1.85 bits per heavy atom. The highest BCUT2D eigenvalue weighted by Crippen LogP contribution is 2.30. The first-order valence-electron chi connectivity index (χ1n) is 7.41. The van der Waals surface area contributed by atoms with Crippen molar-refractivity contribution in [2.45, 2.75) is 18.2 Å². The van der Waals surface area contributed by atoms with Crippen molar-refractivity contribution in [1.82, 2.24) is 5.32 Å². The normalized spacial score (nSPS) is 11.0. The number of halogens is 1. The zero-order valence-electron chi connectivity index (χ0n) is 13.9. The minimum Gasteiger partial charge on any atom is -0.359 e. The fourth-order valence-electron chi connectivity index (χ4n) is 2.16. The van der Waals surface area contributed by atoms with Crippen LogP contribution < -0.4 is 10.0 Å². The summed E-state index contributed by atoms with van der Waals surface area (Å²) in [4.78, 5) is 21.4. The number of carbonyl (C=O) groups excluding carboxylic acids is 1. The second-order valence-corrected chi connectivity index (χ2v) is 7.55. The number of nitrogens with one attached hydrogen (secondary N) is 2. The van der Waals surface area contributed by atoms with Crippen LogP contribution in [-0.4, -0.2) is 26.3 Å². The zero-order valence-corrected chi connectivity index (χ0v) is 15.5. The summed E-state index contributed by atoms with van der Waals surface area (Å²) in [6.45, 7) is 1.44. The van der Waals surface area contributed by atoms with Gasteiger partial charge in [0.25, 0.3) is 15.7 Å². The van der Waals surface area contributed by atoms with E-state index in [1.54, 1.807) is 12.1 Å². The van der Waals surface area contributed by atoms with Crippen LogP contribution in [0.4, 0.5) is 11.4 Å². The smallest absolute Gasteiger partial charge is 0.275 e. The number of likely N-dealkylation sites (N-methyl/N-ethyl adjacent to an activating group) is 1. The number of nitrogens with zero attached hydrogens (tertiary/aromatic N) is 1. The molecule has 0 unspecified atom stereocenters. The molecular formula is C16H16ClN3O5S. The Morgan fingerprint density at radius 3 is 2.38 bits per heavy atom. The molecule has 0 aromatic heterocycles. The van der Waals surface area contributed by atoms with Crippen molar-refractivity contribution in [2.75, 3.05) is 11.8 Å². The van der Waals surface area contributed by atoms with E-state index in [-0.39, 0.29) is 39.2 Å². The van der Waals surface area contributed by atoms with Gasteiger partial charge in [-0.3, -0.25) is 19.6 Å². The molecule has 0 bridgehead atoms. The predicted molar refractivity (Wildman–Crippen MR) is 97.9 cm³/mol. The van der Waals surface area contributed by atoms with E-state index in [9.17, 15) is 23.3 Å². The van der Waals surface area contributed by atoms with Crippen molar-refractivity contribution in [3.8, 4) is 0 Å².